The molecule has 0 heterocycles. The number of benzene rings is 1. The lowest BCUT2D eigenvalue weighted by molar-refractivity contribution is -0.129. The van der Waals surface area contributed by atoms with Gasteiger partial charge in [0.2, 0.25) is 5.91 Å². The summed E-state index contributed by atoms with van der Waals surface area (Å²) in [7, 11) is 0. The molecule has 5 heteroatoms. The smallest absolute Gasteiger partial charge is 0.407 e. The molecule has 0 saturated heterocycles. The van der Waals surface area contributed by atoms with Crippen LogP contribution in [-0.2, 0) is 9.53 Å². The van der Waals surface area contributed by atoms with Gasteiger partial charge in [-0.3, -0.25) is 4.79 Å². The first-order valence-electron chi connectivity index (χ1n) is 8.11. The summed E-state index contributed by atoms with van der Waals surface area (Å²) in [6.45, 7) is 7.42. The van der Waals surface area contributed by atoms with Crippen molar-refractivity contribution < 1.29 is 14.3 Å². The van der Waals surface area contributed by atoms with E-state index in [1.165, 1.54) is 0 Å². The minimum absolute atomic E-state index is 0.0198. The summed E-state index contributed by atoms with van der Waals surface area (Å²) in [4.78, 5) is 24.2. The Bertz CT molecular complexity index is 551. The molecule has 0 spiro atoms. The first kappa shape index (κ1) is 17.3. The van der Waals surface area contributed by atoms with Crippen molar-refractivity contribution in [3.63, 3.8) is 0 Å². The molecule has 126 valence electrons. The average molecular weight is 318 g/mol. The molecular weight excluding hydrogens is 292 g/mol. The van der Waals surface area contributed by atoms with Gasteiger partial charge in [-0.05, 0) is 46.1 Å². The van der Waals surface area contributed by atoms with Crippen molar-refractivity contribution in [1.82, 2.24) is 10.6 Å². The van der Waals surface area contributed by atoms with Crippen LogP contribution in [0.1, 0.15) is 52.1 Å². The summed E-state index contributed by atoms with van der Waals surface area (Å²) >= 11 is 0. The van der Waals surface area contributed by atoms with Crippen molar-refractivity contribution >= 4 is 12.0 Å². The van der Waals surface area contributed by atoms with Crippen LogP contribution in [0.2, 0.25) is 0 Å². The fourth-order valence-corrected chi connectivity index (χ4v) is 2.59. The Morgan fingerprint density at radius 1 is 1.17 bits per heavy atom. The highest BCUT2D eigenvalue weighted by atomic mass is 16.6. The van der Waals surface area contributed by atoms with Crippen LogP contribution >= 0.6 is 0 Å². The molecule has 0 aromatic heterocycles. The molecule has 2 N–H and O–H groups in total. The SMILES string of the molecule is C[C@@H](NC(=O)[C@H]1CC[C@H]1NC(=O)OC(C)(C)C)c1ccccc1. The van der Waals surface area contributed by atoms with Crippen molar-refractivity contribution in [2.24, 2.45) is 5.92 Å². The molecule has 1 aromatic rings. The molecule has 1 aromatic carbocycles. The third-order valence-corrected chi connectivity index (χ3v) is 3.97. The minimum Gasteiger partial charge on any atom is -0.444 e. The van der Waals surface area contributed by atoms with E-state index in [0.717, 1.165) is 18.4 Å². The Morgan fingerprint density at radius 3 is 2.35 bits per heavy atom. The second-order valence-corrected chi connectivity index (χ2v) is 7.08. The van der Waals surface area contributed by atoms with Gasteiger partial charge in [-0.25, -0.2) is 4.79 Å². The lowest BCUT2D eigenvalue weighted by Crippen LogP contribution is -2.53. The molecule has 1 saturated carbocycles. The number of nitrogens with one attached hydrogen (secondary N) is 2. The Kier molecular flexibility index (Phi) is 5.29. The number of rotatable bonds is 4. The largest absolute Gasteiger partial charge is 0.444 e. The van der Waals surface area contributed by atoms with Gasteiger partial charge in [-0.1, -0.05) is 30.3 Å². The zero-order valence-corrected chi connectivity index (χ0v) is 14.3. The molecule has 0 unspecified atom stereocenters. The van der Waals surface area contributed by atoms with E-state index in [1.807, 2.05) is 58.0 Å². The summed E-state index contributed by atoms with van der Waals surface area (Å²) in [5.74, 6) is -0.206. The van der Waals surface area contributed by atoms with Gasteiger partial charge in [0.25, 0.3) is 0 Å². The predicted molar refractivity (Wildman–Crippen MR) is 88.9 cm³/mol. The fraction of sp³-hybridized carbons (Fsp3) is 0.556. The molecule has 1 fully saturated rings. The van der Waals surface area contributed by atoms with Crippen molar-refractivity contribution in [3.8, 4) is 0 Å². The first-order valence-corrected chi connectivity index (χ1v) is 8.11. The standard InChI is InChI=1S/C18H26N2O3/c1-12(13-8-6-5-7-9-13)19-16(21)14-10-11-15(14)20-17(22)23-18(2,3)4/h5-9,12,14-15H,10-11H2,1-4H3,(H,19,21)(H,20,22)/t12-,14+,15-/m1/s1. The zero-order chi connectivity index (χ0) is 17.0. The van der Waals surface area contributed by atoms with Gasteiger partial charge in [0.15, 0.2) is 0 Å². The van der Waals surface area contributed by atoms with E-state index in [9.17, 15) is 9.59 Å². The summed E-state index contributed by atoms with van der Waals surface area (Å²) in [5, 5.41) is 5.81. The van der Waals surface area contributed by atoms with E-state index < -0.39 is 11.7 Å². The van der Waals surface area contributed by atoms with E-state index in [1.54, 1.807) is 0 Å². The Labute approximate surface area is 137 Å². The molecule has 0 bridgehead atoms. The van der Waals surface area contributed by atoms with Crippen LogP contribution in [0.3, 0.4) is 0 Å². The summed E-state index contributed by atoms with van der Waals surface area (Å²) < 4.78 is 5.24. The highest BCUT2D eigenvalue weighted by Crippen LogP contribution is 2.29. The van der Waals surface area contributed by atoms with E-state index in [2.05, 4.69) is 10.6 Å². The van der Waals surface area contributed by atoms with Gasteiger partial charge in [0, 0.05) is 6.04 Å². The van der Waals surface area contributed by atoms with Gasteiger partial charge in [0.1, 0.15) is 5.60 Å². The average Bonchev–Trinajstić information content (AvgIpc) is 2.42. The minimum atomic E-state index is -0.534. The third kappa shape index (κ3) is 4.98. The molecule has 0 radical (unpaired) electrons. The molecule has 1 aliphatic carbocycles. The zero-order valence-electron chi connectivity index (χ0n) is 14.3. The van der Waals surface area contributed by atoms with Crippen molar-refractivity contribution in [3.05, 3.63) is 35.9 Å². The number of amides is 2. The monoisotopic (exact) mass is 318 g/mol. The van der Waals surface area contributed by atoms with Crippen LogP contribution in [-0.4, -0.2) is 23.6 Å². The highest BCUT2D eigenvalue weighted by molar-refractivity contribution is 5.81. The van der Waals surface area contributed by atoms with Crippen LogP contribution in [0.5, 0.6) is 0 Å². The van der Waals surface area contributed by atoms with Gasteiger partial charge < -0.3 is 15.4 Å². The van der Waals surface area contributed by atoms with Gasteiger partial charge >= 0.3 is 6.09 Å². The van der Waals surface area contributed by atoms with Crippen molar-refractivity contribution in [1.29, 1.82) is 0 Å². The molecule has 23 heavy (non-hydrogen) atoms. The van der Waals surface area contributed by atoms with Crippen LogP contribution in [0, 0.1) is 5.92 Å². The molecule has 3 atom stereocenters. The Hall–Kier alpha value is -2.04. The van der Waals surface area contributed by atoms with E-state index in [-0.39, 0.29) is 23.9 Å². The maximum Gasteiger partial charge on any atom is 0.407 e. The second-order valence-electron chi connectivity index (χ2n) is 7.08. The lowest BCUT2D eigenvalue weighted by atomic mass is 9.78. The normalized spacial score (nSPS) is 21.7. The van der Waals surface area contributed by atoms with Crippen LogP contribution in [0.15, 0.2) is 30.3 Å². The maximum atomic E-state index is 12.4. The number of ether oxygens (including phenoxy) is 1. The molecule has 1 aliphatic rings. The van der Waals surface area contributed by atoms with Crippen LogP contribution in [0.25, 0.3) is 0 Å². The summed E-state index contributed by atoms with van der Waals surface area (Å²) in [5.41, 5.74) is 0.532. The fourth-order valence-electron chi connectivity index (χ4n) is 2.59. The summed E-state index contributed by atoms with van der Waals surface area (Å²) in [6, 6.07) is 9.64. The number of hydrogen-bond donors (Lipinski definition) is 2. The number of carbonyl (C=O) groups is 2. The van der Waals surface area contributed by atoms with Crippen LogP contribution in [0.4, 0.5) is 4.79 Å². The molecular formula is C18H26N2O3. The quantitative estimate of drug-likeness (QED) is 0.896. The van der Waals surface area contributed by atoms with Gasteiger partial charge in [-0.2, -0.15) is 0 Å². The third-order valence-electron chi connectivity index (χ3n) is 3.97. The number of carbonyl (C=O) groups excluding carboxylic acids is 2. The molecule has 0 aliphatic heterocycles. The van der Waals surface area contributed by atoms with Crippen molar-refractivity contribution in [2.45, 2.75) is 58.2 Å². The maximum absolute atomic E-state index is 12.4. The highest BCUT2D eigenvalue weighted by Gasteiger charge is 2.38. The second kappa shape index (κ2) is 7.02. The molecule has 5 nitrogen and oxygen atoms in total. The molecule has 2 rings (SSSR count). The Balaban J connectivity index is 1.84. The van der Waals surface area contributed by atoms with E-state index in [4.69, 9.17) is 4.74 Å². The topological polar surface area (TPSA) is 67.4 Å². The van der Waals surface area contributed by atoms with Crippen molar-refractivity contribution in [2.75, 3.05) is 0 Å². The van der Waals surface area contributed by atoms with Crippen LogP contribution < -0.4 is 10.6 Å². The lowest BCUT2D eigenvalue weighted by Gasteiger charge is -2.36. The van der Waals surface area contributed by atoms with Gasteiger partial charge in [0.05, 0.1) is 12.0 Å². The van der Waals surface area contributed by atoms with E-state index in [0.29, 0.717) is 0 Å². The predicted octanol–water partition coefficient (Wildman–Crippen LogP) is 3.17. The Morgan fingerprint density at radius 2 is 1.83 bits per heavy atom. The number of hydrogen-bond acceptors (Lipinski definition) is 3. The number of alkyl carbamates (subject to hydrolysis) is 1. The van der Waals surface area contributed by atoms with E-state index >= 15 is 0 Å². The molecule has 2 amide bonds. The summed E-state index contributed by atoms with van der Waals surface area (Å²) in [6.07, 6.45) is 1.13. The first-order chi connectivity index (χ1) is 10.8. The van der Waals surface area contributed by atoms with Gasteiger partial charge in [-0.15, -0.1) is 0 Å².